The average molecular weight is 567 g/mol. The molecule has 3 aromatic rings. The molecular weight excluding hydrogens is 532 g/mol. The summed E-state index contributed by atoms with van der Waals surface area (Å²) in [6, 6.07) is 14.2. The molecule has 2 amide bonds. The van der Waals surface area contributed by atoms with E-state index in [-0.39, 0.29) is 23.0 Å². The molecule has 2 N–H and O–H groups in total. The molecule has 4 rings (SSSR count). The van der Waals surface area contributed by atoms with Gasteiger partial charge in [-0.25, -0.2) is 4.79 Å². The van der Waals surface area contributed by atoms with Gasteiger partial charge in [-0.15, -0.1) is 23.1 Å². The van der Waals surface area contributed by atoms with Gasteiger partial charge < -0.3 is 20.1 Å². The molecule has 39 heavy (non-hydrogen) atoms. The molecule has 1 aromatic heterocycles. The van der Waals surface area contributed by atoms with Gasteiger partial charge >= 0.3 is 5.97 Å². The largest absolute Gasteiger partial charge is 0.497 e. The first kappa shape index (κ1) is 28.7. The van der Waals surface area contributed by atoms with E-state index in [9.17, 15) is 14.4 Å². The smallest absolute Gasteiger partial charge is 0.341 e. The first-order valence-electron chi connectivity index (χ1n) is 12.8. The van der Waals surface area contributed by atoms with Crippen LogP contribution in [0.15, 0.2) is 53.4 Å². The lowest BCUT2D eigenvalue weighted by atomic mass is 9.72. The molecule has 7 nitrogen and oxygen atoms in total. The summed E-state index contributed by atoms with van der Waals surface area (Å²) in [5.41, 5.74) is 2.83. The molecule has 0 bridgehead atoms. The van der Waals surface area contributed by atoms with E-state index in [0.717, 1.165) is 34.6 Å². The second kappa shape index (κ2) is 12.3. The molecule has 0 spiro atoms. The van der Waals surface area contributed by atoms with Crippen LogP contribution in [0.1, 0.15) is 58.3 Å². The highest BCUT2D eigenvalue weighted by Gasteiger charge is 2.34. The first-order chi connectivity index (χ1) is 18.6. The van der Waals surface area contributed by atoms with Crippen LogP contribution in [0, 0.1) is 11.3 Å². The number of thiophene rings is 1. The predicted molar refractivity (Wildman–Crippen MR) is 157 cm³/mol. The fraction of sp³-hybridized carbons (Fsp3) is 0.367. The number of anilines is 2. The van der Waals surface area contributed by atoms with Crippen LogP contribution in [-0.2, 0) is 22.4 Å². The Hall–Kier alpha value is -3.30. The summed E-state index contributed by atoms with van der Waals surface area (Å²) in [5, 5.41) is 6.41. The lowest BCUT2D eigenvalue weighted by Gasteiger charge is -2.33. The van der Waals surface area contributed by atoms with Crippen molar-refractivity contribution in [2.75, 3.05) is 30.6 Å². The molecule has 0 saturated carbocycles. The number of hydrogen-bond acceptors (Lipinski definition) is 7. The van der Waals surface area contributed by atoms with Gasteiger partial charge in [-0.3, -0.25) is 9.59 Å². The van der Waals surface area contributed by atoms with E-state index >= 15 is 0 Å². The number of fused-ring (bicyclic) bond motifs is 1. The van der Waals surface area contributed by atoms with Crippen LogP contribution in [-0.4, -0.2) is 37.8 Å². The summed E-state index contributed by atoms with van der Waals surface area (Å²) in [6.45, 7) is 6.74. The molecule has 206 valence electrons. The number of esters is 1. The van der Waals surface area contributed by atoms with Crippen molar-refractivity contribution in [3.63, 3.8) is 0 Å². The van der Waals surface area contributed by atoms with Crippen molar-refractivity contribution in [1.82, 2.24) is 0 Å². The van der Waals surface area contributed by atoms with Crippen molar-refractivity contribution < 1.29 is 23.9 Å². The van der Waals surface area contributed by atoms with Gasteiger partial charge in [-0.05, 0) is 78.6 Å². The molecule has 0 radical (unpaired) electrons. The zero-order valence-electron chi connectivity index (χ0n) is 22.9. The molecule has 0 aliphatic heterocycles. The highest BCUT2D eigenvalue weighted by atomic mass is 32.2. The molecule has 0 saturated heterocycles. The summed E-state index contributed by atoms with van der Waals surface area (Å²) < 4.78 is 10.2. The minimum absolute atomic E-state index is 0.156. The number of hydrogen-bond donors (Lipinski definition) is 2. The monoisotopic (exact) mass is 566 g/mol. The Balaban J connectivity index is 1.40. The Morgan fingerprint density at radius 3 is 2.46 bits per heavy atom. The van der Waals surface area contributed by atoms with Crippen molar-refractivity contribution in [3.8, 4) is 5.75 Å². The second-order valence-corrected chi connectivity index (χ2v) is 12.7. The van der Waals surface area contributed by atoms with Gasteiger partial charge in [0.15, 0.2) is 0 Å². The van der Waals surface area contributed by atoms with Gasteiger partial charge in [0.05, 0.1) is 25.5 Å². The van der Waals surface area contributed by atoms with Crippen LogP contribution >= 0.6 is 23.1 Å². The van der Waals surface area contributed by atoms with Crippen LogP contribution in [0.5, 0.6) is 5.75 Å². The number of carbonyl (C=O) groups is 3. The fourth-order valence-corrected chi connectivity index (χ4v) is 6.74. The molecule has 1 aliphatic rings. The van der Waals surface area contributed by atoms with Crippen LogP contribution < -0.4 is 15.4 Å². The van der Waals surface area contributed by atoms with Gasteiger partial charge in [-0.1, -0.05) is 26.8 Å². The molecule has 1 aliphatic carbocycles. The molecule has 2 aromatic carbocycles. The van der Waals surface area contributed by atoms with Crippen molar-refractivity contribution in [3.05, 3.63) is 70.1 Å². The summed E-state index contributed by atoms with van der Waals surface area (Å²) >= 11 is 2.84. The van der Waals surface area contributed by atoms with E-state index in [0.29, 0.717) is 33.5 Å². The first-order valence-corrected chi connectivity index (χ1v) is 14.6. The van der Waals surface area contributed by atoms with Crippen LogP contribution in [0.25, 0.3) is 0 Å². The number of thioether (sulfide) groups is 1. The fourth-order valence-electron chi connectivity index (χ4n) is 4.65. The zero-order valence-corrected chi connectivity index (χ0v) is 24.5. The minimum atomic E-state index is -0.412. The minimum Gasteiger partial charge on any atom is -0.497 e. The third kappa shape index (κ3) is 7.02. The quantitative estimate of drug-likeness (QED) is 0.233. The number of ether oxygens (including phenoxy) is 2. The van der Waals surface area contributed by atoms with Gasteiger partial charge in [0.2, 0.25) is 5.91 Å². The van der Waals surface area contributed by atoms with Crippen LogP contribution in [0.3, 0.4) is 0 Å². The lowest BCUT2D eigenvalue weighted by Crippen LogP contribution is -2.26. The zero-order chi connectivity index (χ0) is 28.2. The maximum atomic E-state index is 12.9. The normalized spacial score (nSPS) is 14.7. The molecule has 0 fully saturated rings. The third-order valence-electron chi connectivity index (χ3n) is 6.95. The highest BCUT2D eigenvalue weighted by molar-refractivity contribution is 8.00. The topological polar surface area (TPSA) is 93.7 Å². The van der Waals surface area contributed by atoms with Crippen molar-refractivity contribution >= 4 is 51.6 Å². The summed E-state index contributed by atoms with van der Waals surface area (Å²) in [7, 11) is 2.95. The summed E-state index contributed by atoms with van der Waals surface area (Å²) in [4.78, 5) is 40.2. The Bertz CT molecular complexity index is 1360. The molecule has 1 unspecified atom stereocenters. The van der Waals surface area contributed by atoms with E-state index in [1.54, 1.807) is 37.4 Å². The third-order valence-corrected chi connectivity index (χ3v) is 9.11. The standard InChI is InChI=1S/C30H34N2O5S2/c1-30(2,3)19-11-14-23-24(15-19)39-28(26(23)29(35)37-5)32-25(33)17-38-22-8-6-7-20(16-22)31-27(34)18-9-12-21(36-4)13-10-18/h6-10,12-13,16,19H,11,14-15,17H2,1-5H3,(H,31,34)(H,32,33). The van der Waals surface area contributed by atoms with Gasteiger partial charge in [-0.2, -0.15) is 0 Å². The number of rotatable bonds is 8. The number of amides is 2. The number of methoxy groups -OCH3 is 2. The van der Waals surface area contributed by atoms with Crippen molar-refractivity contribution in [1.29, 1.82) is 0 Å². The average Bonchev–Trinajstić information content (AvgIpc) is 3.28. The van der Waals surface area contributed by atoms with Gasteiger partial charge in [0, 0.05) is 21.0 Å². The number of nitrogens with one attached hydrogen (secondary N) is 2. The number of benzene rings is 2. The van der Waals surface area contributed by atoms with E-state index in [2.05, 4.69) is 31.4 Å². The van der Waals surface area contributed by atoms with Crippen LogP contribution in [0.2, 0.25) is 0 Å². The summed E-state index contributed by atoms with van der Waals surface area (Å²) in [6.07, 6.45) is 2.71. The maximum absolute atomic E-state index is 12.9. The Morgan fingerprint density at radius 1 is 1.05 bits per heavy atom. The van der Waals surface area contributed by atoms with Crippen molar-refractivity contribution in [2.24, 2.45) is 11.3 Å². The lowest BCUT2D eigenvalue weighted by molar-refractivity contribution is -0.113. The Morgan fingerprint density at radius 2 is 1.79 bits per heavy atom. The molecule has 1 heterocycles. The molecule has 9 heteroatoms. The number of carbonyl (C=O) groups excluding carboxylic acids is 3. The van der Waals surface area contributed by atoms with E-state index in [1.165, 1.54) is 30.2 Å². The van der Waals surface area contributed by atoms with E-state index in [1.807, 2.05) is 18.2 Å². The van der Waals surface area contributed by atoms with Gasteiger partial charge in [0.1, 0.15) is 10.8 Å². The Labute approximate surface area is 237 Å². The molecular formula is C30H34N2O5S2. The van der Waals surface area contributed by atoms with Gasteiger partial charge in [0.25, 0.3) is 5.91 Å². The van der Waals surface area contributed by atoms with E-state index < -0.39 is 5.97 Å². The maximum Gasteiger partial charge on any atom is 0.341 e. The highest BCUT2D eigenvalue weighted by Crippen LogP contribution is 2.44. The van der Waals surface area contributed by atoms with Crippen molar-refractivity contribution in [2.45, 2.75) is 44.9 Å². The van der Waals surface area contributed by atoms with Crippen LogP contribution in [0.4, 0.5) is 10.7 Å². The second-order valence-electron chi connectivity index (χ2n) is 10.6. The predicted octanol–water partition coefficient (Wildman–Crippen LogP) is 6.68. The van der Waals surface area contributed by atoms with E-state index in [4.69, 9.17) is 9.47 Å². The molecule has 1 atom stereocenters. The SMILES string of the molecule is COC(=O)c1c(NC(=O)CSc2cccc(NC(=O)c3ccc(OC)cc3)c2)sc2c1CCC(C(C)(C)C)C2. The summed E-state index contributed by atoms with van der Waals surface area (Å²) in [5.74, 6) is 0.505. The Kier molecular flexibility index (Phi) is 9.02.